The van der Waals surface area contributed by atoms with E-state index in [-0.39, 0.29) is 18.6 Å². The lowest BCUT2D eigenvalue weighted by atomic mass is 9.84. The van der Waals surface area contributed by atoms with Crippen LogP contribution in [-0.2, 0) is 14.3 Å². The first kappa shape index (κ1) is 15.8. The zero-order valence-corrected chi connectivity index (χ0v) is 11.6. The third-order valence-electron chi connectivity index (χ3n) is 3.67. The fourth-order valence-electron chi connectivity index (χ4n) is 2.36. The fraction of sp³-hybridized carbons (Fsp3) is 0.571. The molecule has 0 aromatic heterocycles. The van der Waals surface area contributed by atoms with Gasteiger partial charge in [-0.25, -0.2) is 0 Å². The number of nitrogens with two attached hydrogens (primary N) is 1. The maximum Gasteiger partial charge on any atom is 0.320 e. The first-order valence-corrected chi connectivity index (χ1v) is 6.88. The van der Waals surface area contributed by atoms with Gasteiger partial charge in [-0.1, -0.05) is 12.2 Å². The highest BCUT2D eigenvalue weighted by Crippen LogP contribution is 2.26. The van der Waals surface area contributed by atoms with Gasteiger partial charge in [0.05, 0.1) is 6.61 Å². The van der Waals surface area contributed by atoms with Crippen molar-refractivity contribution in [1.82, 2.24) is 5.32 Å². The molecule has 7 heteroatoms. The van der Waals surface area contributed by atoms with Crippen molar-refractivity contribution < 1.29 is 24.5 Å². The van der Waals surface area contributed by atoms with Crippen LogP contribution in [0.15, 0.2) is 23.8 Å². The molecule has 0 aromatic carbocycles. The molecule has 0 aromatic rings. The molecule has 116 valence electrons. The Labute approximate surface area is 122 Å². The van der Waals surface area contributed by atoms with Gasteiger partial charge in [0, 0.05) is 19.5 Å². The van der Waals surface area contributed by atoms with Crippen LogP contribution in [0.25, 0.3) is 0 Å². The van der Waals surface area contributed by atoms with Gasteiger partial charge in [0.2, 0.25) is 0 Å². The molecule has 0 amide bonds. The summed E-state index contributed by atoms with van der Waals surface area (Å²) in [5.74, 6) is -1.47. The average Bonchev–Trinajstić information content (AvgIpc) is 2.49. The minimum atomic E-state index is -1.60. The van der Waals surface area contributed by atoms with E-state index in [1.807, 2.05) is 0 Å². The second kappa shape index (κ2) is 6.48. The van der Waals surface area contributed by atoms with Gasteiger partial charge in [0.1, 0.15) is 17.7 Å². The van der Waals surface area contributed by atoms with Crippen LogP contribution in [0, 0.1) is 0 Å². The summed E-state index contributed by atoms with van der Waals surface area (Å²) in [6, 6.07) is -0.992. The van der Waals surface area contributed by atoms with Gasteiger partial charge in [0.25, 0.3) is 0 Å². The Bertz CT molecular complexity index is 482. The minimum Gasteiger partial charge on any atom is -0.480 e. The van der Waals surface area contributed by atoms with Crippen molar-refractivity contribution in [2.45, 2.75) is 30.6 Å². The molecule has 2 rings (SSSR count). The van der Waals surface area contributed by atoms with Gasteiger partial charge in [-0.05, 0) is 18.1 Å². The Morgan fingerprint density at radius 2 is 2.33 bits per heavy atom. The number of carboxylic acids is 1. The smallest absolute Gasteiger partial charge is 0.320 e. The third-order valence-corrected chi connectivity index (χ3v) is 3.67. The molecule has 5 N–H and O–H groups in total. The summed E-state index contributed by atoms with van der Waals surface area (Å²) in [7, 11) is 0. The molecular formula is C14H20N2O5. The Balaban J connectivity index is 1.97. The zero-order valence-electron chi connectivity index (χ0n) is 11.6. The number of rotatable bonds is 5. The van der Waals surface area contributed by atoms with E-state index in [0.29, 0.717) is 25.3 Å². The highest BCUT2D eigenvalue weighted by atomic mass is 16.5. The molecule has 1 aliphatic heterocycles. The van der Waals surface area contributed by atoms with E-state index in [9.17, 15) is 14.7 Å². The predicted octanol–water partition coefficient (Wildman–Crippen LogP) is -1.04. The van der Waals surface area contributed by atoms with Crippen LogP contribution >= 0.6 is 0 Å². The summed E-state index contributed by atoms with van der Waals surface area (Å²) in [5, 5.41) is 22.2. The second-order valence-electron chi connectivity index (χ2n) is 5.32. The van der Waals surface area contributed by atoms with Crippen LogP contribution in [0.5, 0.6) is 0 Å². The van der Waals surface area contributed by atoms with Gasteiger partial charge >= 0.3 is 5.97 Å². The molecule has 3 atom stereocenters. The first-order chi connectivity index (χ1) is 9.92. The molecule has 7 nitrogen and oxygen atoms in total. The summed E-state index contributed by atoms with van der Waals surface area (Å²) in [4.78, 5) is 23.0. The molecule has 0 saturated carbocycles. The number of hydrogen-bond acceptors (Lipinski definition) is 6. The maximum atomic E-state index is 12.3. The van der Waals surface area contributed by atoms with E-state index in [1.165, 1.54) is 6.08 Å². The molecule has 0 radical (unpaired) electrons. The molecule has 1 heterocycles. The van der Waals surface area contributed by atoms with Gasteiger partial charge in [-0.2, -0.15) is 0 Å². The summed E-state index contributed by atoms with van der Waals surface area (Å²) < 4.78 is 5.36. The van der Waals surface area contributed by atoms with Crippen molar-refractivity contribution >= 4 is 11.8 Å². The number of carboxylic acid groups (broad SMARTS) is 1. The third kappa shape index (κ3) is 3.76. The number of morpholine rings is 1. The van der Waals surface area contributed by atoms with Gasteiger partial charge in [-0.3, -0.25) is 9.59 Å². The van der Waals surface area contributed by atoms with Crippen LogP contribution in [0.1, 0.15) is 12.8 Å². The topological polar surface area (TPSA) is 122 Å². The summed E-state index contributed by atoms with van der Waals surface area (Å²) >= 11 is 0. The number of carbonyl (C=O) groups excluding carboxylic acids is 1. The Kier molecular flexibility index (Phi) is 4.89. The largest absolute Gasteiger partial charge is 0.480 e. The number of Topliss-reactive ketones (excluding diaryl/α,β-unsaturated/α-hetero) is 1. The lowest BCUT2D eigenvalue weighted by molar-refractivity contribution is -0.146. The van der Waals surface area contributed by atoms with Crippen LogP contribution in [0.3, 0.4) is 0 Å². The minimum absolute atomic E-state index is 0.101. The zero-order chi connectivity index (χ0) is 15.5. The molecule has 0 bridgehead atoms. The Morgan fingerprint density at radius 3 is 2.86 bits per heavy atom. The van der Waals surface area contributed by atoms with Gasteiger partial charge in [0.15, 0.2) is 5.78 Å². The molecule has 2 aliphatic rings. The van der Waals surface area contributed by atoms with E-state index < -0.39 is 23.7 Å². The number of carbonyl (C=O) groups is 2. The molecule has 21 heavy (non-hydrogen) atoms. The van der Waals surface area contributed by atoms with E-state index in [1.54, 1.807) is 12.2 Å². The highest BCUT2D eigenvalue weighted by Gasteiger charge is 2.39. The SMILES string of the molecule is N[C@@H](CC1=CCC(O)(C(=O)C2CNCCO2)C=C1)C(=O)O. The molecule has 0 spiro atoms. The number of ketones is 1. The van der Waals surface area contributed by atoms with Crippen molar-refractivity contribution in [2.24, 2.45) is 5.73 Å². The second-order valence-corrected chi connectivity index (χ2v) is 5.32. The van der Waals surface area contributed by atoms with Crippen LogP contribution in [0.4, 0.5) is 0 Å². The fourth-order valence-corrected chi connectivity index (χ4v) is 2.36. The molecule has 1 aliphatic carbocycles. The van der Waals surface area contributed by atoms with Crippen LogP contribution < -0.4 is 11.1 Å². The lowest BCUT2D eigenvalue weighted by Gasteiger charge is -2.31. The standard InChI is InChI=1S/C14H20N2O5/c15-10(13(18)19)7-9-1-3-14(20,4-2-9)12(17)11-8-16-5-6-21-11/h1-3,10-11,16,20H,4-8,15H2,(H,18,19)/t10-,11?,14?/m0/s1. The Morgan fingerprint density at radius 1 is 1.57 bits per heavy atom. The van der Waals surface area contributed by atoms with E-state index >= 15 is 0 Å². The highest BCUT2D eigenvalue weighted by molar-refractivity contribution is 5.93. The van der Waals surface area contributed by atoms with Crippen molar-refractivity contribution in [3.63, 3.8) is 0 Å². The summed E-state index contributed by atoms with van der Waals surface area (Å²) in [6.45, 7) is 1.51. The average molecular weight is 296 g/mol. The van der Waals surface area contributed by atoms with Gasteiger partial charge < -0.3 is 26.0 Å². The Hall–Kier alpha value is -1.54. The maximum absolute atomic E-state index is 12.3. The van der Waals surface area contributed by atoms with E-state index in [0.717, 1.165) is 0 Å². The number of hydrogen-bond donors (Lipinski definition) is 4. The van der Waals surface area contributed by atoms with E-state index in [4.69, 9.17) is 15.6 Å². The molecule has 2 unspecified atom stereocenters. The number of aliphatic carboxylic acids is 1. The van der Waals surface area contributed by atoms with Crippen molar-refractivity contribution in [1.29, 1.82) is 0 Å². The number of nitrogens with one attached hydrogen (secondary N) is 1. The van der Waals surface area contributed by atoms with E-state index in [2.05, 4.69) is 5.32 Å². The summed E-state index contributed by atoms with van der Waals surface area (Å²) in [5.41, 5.74) is 4.56. The van der Waals surface area contributed by atoms with Crippen molar-refractivity contribution in [3.05, 3.63) is 23.8 Å². The van der Waals surface area contributed by atoms with Crippen LogP contribution in [0.2, 0.25) is 0 Å². The first-order valence-electron chi connectivity index (χ1n) is 6.88. The molecular weight excluding hydrogens is 276 g/mol. The number of ether oxygens (including phenoxy) is 1. The lowest BCUT2D eigenvalue weighted by Crippen LogP contribution is -2.52. The molecule has 1 fully saturated rings. The van der Waals surface area contributed by atoms with Crippen molar-refractivity contribution in [2.75, 3.05) is 19.7 Å². The number of aliphatic hydroxyl groups is 1. The normalized spacial score (nSPS) is 30.6. The van der Waals surface area contributed by atoms with Gasteiger partial charge in [-0.15, -0.1) is 0 Å². The predicted molar refractivity (Wildman–Crippen MR) is 74.6 cm³/mol. The van der Waals surface area contributed by atoms with Crippen molar-refractivity contribution in [3.8, 4) is 0 Å². The molecule has 1 saturated heterocycles. The van der Waals surface area contributed by atoms with Crippen LogP contribution in [-0.4, -0.2) is 59.4 Å². The monoisotopic (exact) mass is 296 g/mol. The quantitative estimate of drug-likeness (QED) is 0.511. The number of allylic oxidation sites excluding steroid dienone is 1. The summed E-state index contributed by atoms with van der Waals surface area (Å²) in [6.07, 6.45) is 4.21.